The predicted molar refractivity (Wildman–Crippen MR) is 120 cm³/mol. The third-order valence-electron chi connectivity index (χ3n) is 5.48. The number of nitrogens with one attached hydrogen (secondary N) is 1. The smallest absolute Gasteiger partial charge is 0.275 e. The first-order valence-corrected chi connectivity index (χ1v) is 10.4. The van der Waals surface area contributed by atoms with Gasteiger partial charge in [0.15, 0.2) is 11.8 Å². The molecule has 3 N–H and O–H groups in total. The highest BCUT2D eigenvalue weighted by Crippen LogP contribution is 2.50. The van der Waals surface area contributed by atoms with E-state index in [1.54, 1.807) is 13.8 Å². The summed E-state index contributed by atoms with van der Waals surface area (Å²) in [4.78, 5) is 25.0. The van der Waals surface area contributed by atoms with Crippen LogP contribution in [0.1, 0.15) is 36.8 Å². The molecule has 0 radical (unpaired) electrons. The first-order chi connectivity index (χ1) is 15.1. The highest BCUT2D eigenvalue weighted by atomic mass is 32.2. The molecule has 0 aliphatic carbocycles. The zero-order valence-electron chi connectivity index (χ0n) is 17.7. The first-order valence-electron chi connectivity index (χ1n) is 9.58. The highest BCUT2D eigenvalue weighted by molar-refractivity contribution is 8.15. The molecule has 0 spiro atoms. The number of terminal acetylenes is 1. The van der Waals surface area contributed by atoms with Crippen molar-refractivity contribution in [2.45, 2.75) is 31.1 Å². The molecule has 0 unspecified atom stereocenters. The summed E-state index contributed by atoms with van der Waals surface area (Å²) in [6, 6.07) is 6.42. The lowest BCUT2D eigenvalue weighted by atomic mass is 9.74. The fourth-order valence-electron chi connectivity index (χ4n) is 3.41. The molecule has 1 aromatic carbocycles. The van der Waals surface area contributed by atoms with Crippen LogP contribution in [0.4, 0.5) is 10.1 Å². The number of nitrogens with zero attached hydrogens (tertiary/aromatic N) is 4. The normalized spacial score (nSPS) is 24.6. The van der Waals surface area contributed by atoms with Crippen molar-refractivity contribution in [3.05, 3.63) is 47.7 Å². The van der Waals surface area contributed by atoms with Crippen LogP contribution in [0.25, 0.3) is 0 Å². The molecule has 8 nitrogen and oxygen atoms in total. The molecule has 32 heavy (non-hydrogen) atoms. The van der Waals surface area contributed by atoms with E-state index in [4.69, 9.17) is 16.9 Å². The van der Waals surface area contributed by atoms with Gasteiger partial charge in [0.1, 0.15) is 16.3 Å². The molecule has 1 aliphatic heterocycles. The molecule has 0 saturated carbocycles. The fraction of sp³-hybridized carbons (Fsp3) is 0.318. The number of rotatable bonds is 5. The molecule has 0 saturated heterocycles. The van der Waals surface area contributed by atoms with Crippen molar-refractivity contribution in [3.8, 4) is 24.3 Å². The van der Waals surface area contributed by atoms with Gasteiger partial charge in [0.05, 0.1) is 24.0 Å². The first kappa shape index (κ1) is 23.0. The molecule has 3 atom stereocenters. The molecule has 0 fully saturated rings. The second-order valence-corrected chi connectivity index (χ2v) is 8.99. The van der Waals surface area contributed by atoms with Crippen LogP contribution in [-0.2, 0) is 5.54 Å². The maximum absolute atomic E-state index is 14.9. The van der Waals surface area contributed by atoms with Crippen LogP contribution >= 0.6 is 11.8 Å². The Kier molecular flexibility index (Phi) is 6.37. The summed E-state index contributed by atoms with van der Waals surface area (Å²) in [5.41, 5.74) is 5.46. The number of aromatic nitrogens is 2. The Bertz CT molecular complexity index is 1160. The number of hydrogen-bond donors (Lipinski definition) is 2. The minimum absolute atomic E-state index is 0.0338. The topological polar surface area (TPSA) is 126 Å². The van der Waals surface area contributed by atoms with Gasteiger partial charge in [0.25, 0.3) is 5.91 Å². The van der Waals surface area contributed by atoms with E-state index in [0.717, 1.165) is 11.8 Å². The average molecular weight is 453 g/mol. The summed E-state index contributed by atoms with van der Waals surface area (Å²) >= 11 is 1.16. The number of benzene rings is 1. The van der Waals surface area contributed by atoms with Crippen molar-refractivity contribution in [2.75, 3.05) is 11.9 Å². The molecule has 2 aromatic rings. The lowest BCUT2D eigenvalue weighted by molar-refractivity contribution is 0.102. The Morgan fingerprint density at radius 3 is 2.78 bits per heavy atom. The monoisotopic (exact) mass is 452 g/mol. The summed E-state index contributed by atoms with van der Waals surface area (Å²) in [5.74, 6) is 1.06. The van der Waals surface area contributed by atoms with Crippen LogP contribution in [0, 0.1) is 35.4 Å². The van der Waals surface area contributed by atoms with Crippen molar-refractivity contribution in [1.29, 1.82) is 5.26 Å². The molecule has 164 valence electrons. The van der Waals surface area contributed by atoms with E-state index in [1.807, 2.05) is 6.92 Å². The number of anilines is 1. The largest absolute Gasteiger partial charge is 0.463 e. The highest BCUT2D eigenvalue weighted by Gasteiger charge is 2.50. The molecular weight excluding hydrogens is 431 g/mol. The van der Waals surface area contributed by atoms with Crippen molar-refractivity contribution >= 4 is 28.5 Å². The number of carbonyl (C=O) groups excluding carboxylic acids is 1. The number of ether oxygens (including phenoxy) is 1. The quantitative estimate of drug-likeness (QED) is 0.668. The summed E-state index contributed by atoms with van der Waals surface area (Å²) in [7, 11) is 0. The van der Waals surface area contributed by atoms with E-state index in [0.29, 0.717) is 5.69 Å². The number of amidine groups is 1. The number of aliphatic imine (C=N–C) groups is 1. The predicted octanol–water partition coefficient (Wildman–Crippen LogP) is 3.08. The summed E-state index contributed by atoms with van der Waals surface area (Å²) in [5, 5.41) is 12.6. The van der Waals surface area contributed by atoms with Gasteiger partial charge in [-0.05, 0) is 32.0 Å². The fourth-order valence-corrected chi connectivity index (χ4v) is 4.53. The molecule has 2 heterocycles. The van der Waals surface area contributed by atoms with Crippen LogP contribution in [0.2, 0.25) is 0 Å². The number of nitriles is 1. The van der Waals surface area contributed by atoms with E-state index >= 15 is 0 Å². The second-order valence-electron chi connectivity index (χ2n) is 7.52. The van der Waals surface area contributed by atoms with Gasteiger partial charge in [-0.1, -0.05) is 24.6 Å². The average Bonchev–Trinajstić information content (AvgIpc) is 2.77. The van der Waals surface area contributed by atoms with Gasteiger partial charge >= 0.3 is 0 Å². The number of nitrogens with two attached hydrogens (primary N) is 1. The van der Waals surface area contributed by atoms with Crippen LogP contribution in [0.15, 0.2) is 35.6 Å². The number of hydrogen-bond acceptors (Lipinski definition) is 8. The molecule has 10 heteroatoms. The Morgan fingerprint density at radius 2 is 2.16 bits per heavy atom. The van der Waals surface area contributed by atoms with Crippen LogP contribution in [0.5, 0.6) is 5.88 Å². The molecule has 1 aromatic heterocycles. The van der Waals surface area contributed by atoms with Crippen LogP contribution in [0.3, 0.4) is 0 Å². The summed E-state index contributed by atoms with van der Waals surface area (Å²) in [6.07, 6.45) is 7.65. The maximum Gasteiger partial charge on any atom is 0.275 e. The van der Waals surface area contributed by atoms with E-state index < -0.39 is 22.0 Å². The van der Waals surface area contributed by atoms with Gasteiger partial charge in [0.2, 0.25) is 5.88 Å². The lowest BCUT2D eigenvalue weighted by Crippen LogP contribution is -2.47. The third kappa shape index (κ3) is 4.36. The van der Waals surface area contributed by atoms with Gasteiger partial charge in [-0.25, -0.2) is 14.4 Å². The number of thioether (sulfide) groups is 1. The summed E-state index contributed by atoms with van der Waals surface area (Å²) in [6.45, 7) is 5.34. The maximum atomic E-state index is 14.9. The minimum atomic E-state index is -1.11. The van der Waals surface area contributed by atoms with Crippen LogP contribution in [-0.4, -0.2) is 32.4 Å². The van der Waals surface area contributed by atoms with Gasteiger partial charge in [-0.3, -0.25) is 9.79 Å². The SMILES string of the molecule is C#CCOc1cnc(C(=O)Nc2ccc(F)c([C@@]3(C)N=C(N)S[C@](C)(C#N)[C@H]3C)c2)cn1. The number of halogens is 1. The Hall–Kier alpha value is -3.63. The number of amides is 1. The standard InChI is InChI=1S/C22H21FN6O2S/c1-5-8-31-18-11-26-17(10-27-18)19(30)28-14-6-7-16(23)15(9-14)22(4)13(2)21(3,12-24)32-20(25)29-22/h1,6-7,9-11,13H,8H2,2-4H3,(H2,25,29)(H,28,30)/t13-,21-,22+/m1/s1. The Morgan fingerprint density at radius 1 is 1.41 bits per heavy atom. The summed E-state index contributed by atoms with van der Waals surface area (Å²) < 4.78 is 19.1. The molecule has 3 rings (SSSR count). The molecule has 0 bridgehead atoms. The van der Waals surface area contributed by atoms with Gasteiger partial charge in [-0.2, -0.15) is 5.26 Å². The van der Waals surface area contributed by atoms with Gasteiger partial charge < -0.3 is 15.8 Å². The molecule has 1 amide bonds. The van der Waals surface area contributed by atoms with Crippen molar-refractivity contribution < 1.29 is 13.9 Å². The van der Waals surface area contributed by atoms with E-state index in [2.05, 4.69) is 32.3 Å². The van der Waals surface area contributed by atoms with Gasteiger partial charge in [0, 0.05) is 17.2 Å². The van der Waals surface area contributed by atoms with Crippen LogP contribution < -0.4 is 15.8 Å². The Labute approximate surface area is 189 Å². The Balaban J connectivity index is 1.89. The van der Waals surface area contributed by atoms with E-state index in [-0.39, 0.29) is 34.8 Å². The van der Waals surface area contributed by atoms with Crippen molar-refractivity contribution in [3.63, 3.8) is 0 Å². The third-order valence-corrected chi connectivity index (χ3v) is 6.65. The van der Waals surface area contributed by atoms with Gasteiger partial charge in [-0.15, -0.1) is 6.42 Å². The molecule has 1 aliphatic rings. The molecular formula is C22H21FN6O2S. The zero-order chi connectivity index (χ0) is 23.5. The minimum Gasteiger partial charge on any atom is -0.463 e. The zero-order valence-corrected chi connectivity index (χ0v) is 18.5. The number of carbonyl (C=O) groups is 1. The van der Waals surface area contributed by atoms with Crippen molar-refractivity contribution in [2.24, 2.45) is 16.6 Å². The van der Waals surface area contributed by atoms with E-state index in [9.17, 15) is 14.4 Å². The van der Waals surface area contributed by atoms with E-state index in [1.165, 1.54) is 30.6 Å². The lowest BCUT2D eigenvalue weighted by Gasteiger charge is -2.43. The second kappa shape index (κ2) is 8.85. The van der Waals surface area contributed by atoms with Crippen molar-refractivity contribution in [1.82, 2.24) is 9.97 Å².